The van der Waals surface area contributed by atoms with Gasteiger partial charge in [0.2, 0.25) is 5.89 Å². The Morgan fingerprint density at radius 2 is 2.40 bits per heavy atom. The minimum atomic E-state index is 0.225. The first-order chi connectivity index (χ1) is 7.24. The molecule has 0 aromatic carbocycles. The lowest BCUT2D eigenvalue weighted by atomic mass is 10.5. The van der Waals surface area contributed by atoms with Crippen LogP contribution in [0.3, 0.4) is 0 Å². The van der Waals surface area contributed by atoms with Crippen molar-refractivity contribution in [3.8, 4) is 0 Å². The van der Waals surface area contributed by atoms with E-state index >= 15 is 0 Å². The summed E-state index contributed by atoms with van der Waals surface area (Å²) in [4.78, 5) is 4.18. The smallest absolute Gasteiger partial charge is 0.208 e. The Balaban J connectivity index is 1.75. The fraction of sp³-hybridized carbons (Fsp3) is 0.727. The van der Waals surface area contributed by atoms with Crippen molar-refractivity contribution in [2.24, 2.45) is 0 Å². The van der Waals surface area contributed by atoms with Gasteiger partial charge in [0.1, 0.15) is 12.4 Å². The topological polar surface area (TPSA) is 47.3 Å². The summed E-state index contributed by atoms with van der Waals surface area (Å²) in [6.45, 7) is 5.25. The van der Waals surface area contributed by atoms with E-state index < -0.39 is 0 Å². The molecule has 1 N–H and O–H groups in total. The SMILES string of the molecule is CC(C)OCc1cnc(CNC2CC2)o1. The highest BCUT2D eigenvalue weighted by molar-refractivity contribution is 4.93. The van der Waals surface area contributed by atoms with Crippen molar-refractivity contribution in [3.05, 3.63) is 17.8 Å². The van der Waals surface area contributed by atoms with Gasteiger partial charge in [0.25, 0.3) is 0 Å². The molecule has 0 radical (unpaired) electrons. The van der Waals surface area contributed by atoms with Crippen molar-refractivity contribution >= 4 is 0 Å². The van der Waals surface area contributed by atoms with E-state index in [-0.39, 0.29) is 6.10 Å². The van der Waals surface area contributed by atoms with Gasteiger partial charge < -0.3 is 14.5 Å². The molecule has 4 nitrogen and oxygen atoms in total. The molecule has 1 heterocycles. The molecule has 1 aromatic heterocycles. The zero-order valence-electron chi connectivity index (χ0n) is 9.32. The van der Waals surface area contributed by atoms with Crippen LogP contribution in [0.2, 0.25) is 0 Å². The summed E-state index contributed by atoms with van der Waals surface area (Å²) in [5, 5.41) is 3.35. The highest BCUT2D eigenvalue weighted by Gasteiger charge is 2.20. The maximum atomic E-state index is 5.51. The summed E-state index contributed by atoms with van der Waals surface area (Å²) in [5.74, 6) is 1.56. The predicted octanol–water partition coefficient (Wildman–Crippen LogP) is 1.85. The lowest BCUT2D eigenvalue weighted by Crippen LogP contribution is -2.15. The van der Waals surface area contributed by atoms with E-state index in [0.717, 1.165) is 18.2 Å². The van der Waals surface area contributed by atoms with E-state index in [2.05, 4.69) is 10.3 Å². The van der Waals surface area contributed by atoms with Crippen LogP contribution in [0.4, 0.5) is 0 Å². The first-order valence-corrected chi connectivity index (χ1v) is 5.52. The molecule has 1 fully saturated rings. The highest BCUT2D eigenvalue weighted by atomic mass is 16.5. The largest absolute Gasteiger partial charge is 0.442 e. The molecule has 84 valence electrons. The lowest BCUT2D eigenvalue weighted by Gasteiger charge is -2.03. The van der Waals surface area contributed by atoms with Gasteiger partial charge in [0.05, 0.1) is 18.8 Å². The third-order valence-electron chi connectivity index (χ3n) is 2.28. The highest BCUT2D eigenvalue weighted by Crippen LogP contribution is 2.19. The second-order valence-corrected chi connectivity index (χ2v) is 4.24. The Labute approximate surface area is 90.0 Å². The van der Waals surface area contributed by atoms with Gasteiger partial charge in [-0.3, -0.25) is 0 Å². The van der Waals surface area contributed by atoms with Gasteiger partial charge in [0, 0.05) is 6.04 Å². The van der Waals surface area contributed by atoms with Crippen LogP contribution >= 0.6 is 0 Å². The Hall–Kier alpha value is -0.870. The molecule has 1 aliphatic rings. The molecular formula is C11H18N2O2. The fourth-order valence-electron chi connectivity index (χ4n) is 1.26. The predicted molar refractivity (Wildman–Crippen MR) is 56.3 cm³/mol. The van der Waals surface area contributed by atoms with Crippen molar-refractivity contribution in [1.82, 2.24) is 10.3 Å². The monoisotopic (exact) mass is 210 g/mol. The lowest BCUT2D eigenvalue weighted by molar-refractivity contribution is 0.0538. The molecule has 0 aliphatic heterocycles. The molecule has 0 saturated heterocycles. The zero-order valence-corrected chi connectivity index (χ0v) is 9.32. The number of nitrogens with one attached hydrogen (secondary N) is 1. The molecule has 15 heavy (non-hydrogen) atoms. The normalized spacial score (nSPS) is 16.2. The quantitative estimate of drug-likeness (QED) is 0.778. The van der Waals surface area contributed by atoms with Crippen molar-refractivity contribution < 1.29 is 9.15 Å². The van der Waals surface area contributed by atoms with Gasteiger partial charge in [0.15, 0.2) is 0 Å². The number of oxazole rings is 1. The van der Waals surface area contributed by atoms with Gasteiger partial charge in [-0.1, -0.05) is 0 Å². The van der Waals surface area contributed by atoms with Gasteiger partial charge in [-0.2, -0.15) is 0 Å². The molecule has 1 aliphatic carbocycles. The van der Waals surface area contributed by atoms with Crippen LogP contribution in [0, 0.1) is 0 Å². The molecule has 4 heteroatoms. The number of ether oxygens (including phenoxy) is 1. The zero-order chi connectivity index (χ0) is 10.7. The van der Waals surface area contributed by atoms with E-state index in [4.69, 9.17) is 9.15 Å². The van der Waals surface area contributed by atoms with E-state index in [1.165, 1.54) is 12.8 Å². The van der Waals surface area contributed by atoms with Crippen LogP contribution in [0.15, 0.2) is 10.6 Å². The Kier molecular flexibility index (Phi) is 3.38. The number of rotatable bonds is 6. The number of nitrogens with zero attached hydrogens (tertiary/aromatic N) is 1. The molecule has 0 bridgehead atoms. The molecule has 0 atom stereocenters. The van der Waals surface area contributed by atoms with Gasteiger partial charge in [-0.25, -0.2) is 4.98 Å². The van der Waals surface area contributed by atoms with Crippen molar-refractivity contribution in [1.29, 1.82) is 0 Å². The van der Waals surface area contributed by atoms with Crippen molar-refractivity contribution in [2.75, 3.05) is 0 Å². The third kappa shape index (κ3) is 3.64. The van der Waals surface area contributed by atoms with Gasteiger partial charge in [-0.15, -0.1) is 0 Å². The van der Waals surface area contributed by atoms with Crippen LogP contribution < -0.4 is 5.32 Å². The van der Waals surface area contributed by atoms with E-state index in [9.17, 15) is 0 Å². The van der Waals surface area contributed by atoms with Gasteiger partial charge in [-0.05, 0) is 26.7 Å². The minimum absolute atomic E-state index is 0.225. The minimum Gasteiger partial charge on any atom is -0.442 e. The molecular weight excluding hydrogens is 192 g/mol. The maximum Gasteiger partial charge on any atom is 0.208 e. The summed E-state index contributed by atoms with van der Waals surface area (Å²) in [7, 11) is 0. The average Bonchev–Trinajstić information content (AvgIpc) is 2.92. The molecule has 1 aromatic rings. The van der Waals surface area contributed by atoms with Crippen molar-refractivity contribution in [3.63, 3.8) is 0 Å². The van der Waals surface area contributed by atoms with E-state index in [1.54, 1.807) is 6.20 Å². The van der Waals surface area contributed by atoms with E-state index in [1.807, 2.05) is 13.8 Å². The molecule has 0 spiro atoms. The molecule has 0 unspecified atom stereocenters. The second kappa shape index (κ2) is 4.77. The Bertz CT molecular complexity index is 285. The standard InChI is InChI=1S/C11H18N2O2/c1-8(2)14-7-10-5-13-11(15-10)6-12-9-3-4-9/h5,8-9,12H,3-4,6-7H2,1-2H3. The van der Waals surface area contributed by atoms with E-state index in [0.29, 0.717) is 12.6 Å². The number of hydrogen-bond donors (Lipinski definition) is 1. The Morgan fingerprint density at radius 1 is 1.60 bits per heavy atom. The van der Waals surface area contributed by atoms with Crippen LogP contribution in [0.25, 0.3) is 0 Å². The number of hydrogen-bond acceptors (Lipinski definition) is 4. The summed E-state index contributed by atoms with van der Waals surface area (Å²) in [6.07, 6.45) is 4.53. The summed E-state index contributed by atoms with van der Waals surface area (Å²) in [6, 6.07) is 0.687. The summed E-state index contributed by atoms with van der Waals surface area (Å²) < 4.78 is 10.9. The van der Waals surface area contributed by atoms with Gasteiger partial charge >= 0.3 is 0 Å². The summed E-state index contributed by atoms with van der Waals surface area (Å²) in [5.41, 5.74) is 0. The Morgan fingerprint density at radius 3 is 3.07 bits per heavy atom. The van der Waals surface area contributed by atoms with Crippen LogP contribution in [0.1, 0.15) is 38.3 Å². The fourth-order valence-corrected chi connectivity index (χ4v) is 1.26. The van der Waals surface area contributed by atoms with Crippen LogP contribution in [0.5, 0.6) is 0 Å². The van der Waals surface area contributed by atoms with Crippen molar-refractivity contribution in [2.45, 2.75) is 52.0 Å². The summed E-state index contributed by atoms with van der Waals surface area (Å²) >= 11 is 0. The van der Waals surface area contributed by atoms with Crippen LogP contribution in [-0.4, -0.2) is 17.1 Å². The molecule has 0 amide bonds. The third-order valence-corrected chi connectivity index (χ3v) is 2.28. The molecule has 1 saturated carbocycles. The average molecular weight is 210 g/mol. The molecule has 2 rings (SSSR count). The second-order valence-electron chi connectivity index (χ2n) is 4.24. The first kappa shape index (κ1) is 10.6. The first-order valence-electron chi connectivity index (χ1n) is 5.52. The maximum absolute atomic E-state index is 5.51. The van der Waals surface area contributed by atoms with Crippen LogP contribution in [-0.2, 0) is 17.9 Å². The number of aromatic nitrogens is 1.